The number of pyridine rings is 1. The number of likely N-dealkylation sites (N-methyl/N-ethyl adjacent to an activating group) is 1. The largest absolute Gasteiger partial charge is 0.478 e. The Bertz CT molecular complexity index is 650. The summed E-state index contributed by atoms with van der Waals surface area (Å²) < 4.78 is 5.14. The molecule has 1 heterocycles. The van der Waals surface area contributed by atoms with Crippen LogP contribution in [-0.4, -0.2) is 24.5 Å². The smallest absolute Gasteiger partial charge is 0.290 e. The molecule has 1 amide bonds. The molecule has 0 spiro atoms. The van der Waals surface area contributed by atoms with Gasteiger partial charge in [-0.25, -0.2) is 0 Å². The molecule has 0 fully saturated rings. The van der Waals surface area contributed by atoms with Gasteiger partial charge in [-0.1, -0.05) is 13.8 Å². The van der Waals surface area contributed by atoms with Crippen LogP contribution in [-0.2, 0) is 4.79 Å². The van der Waals surface area contributed by atoms with Crippen LogP contribution in [0.2, 0.25) is 0 Å². The van der Waals surface area contributed by atoms with Crippen molar-refractivity contribution in [2.75, 3.05) is 19.4 Å². The highest BCUT2D eigenvalue weighted by Gasteiger charge is 2.06. The summed E-state index contributed by atoms with van der Waals surface area (Å²) in [6.07, 6.45) is 0. The minimum atomic E-state index is -0.379. The Balaban J connectivity index is 0.000000956. The Labute approximate surface area is 116 Å². The van der Waals surface area contributed by atoms with E-state index in [0.717, 1.165) is 5.39 Å². The van der Waals surface area contributed by atoms with Crippen LogP contribution in [0.1, 0.15) is 13.8 Å². The zero-order valence-corrected chi connectivity index (χ0v) is 11.8. The van der Waals surface area contributed by atoms with Crippen LogP contribution in [0.25, 0.3) is 10.9 Å². The monoisotopic (exact) mass is 277 g/mol. The van der Waals surface area contributed by atoms with Crippen molar-refractivity contribution in [2.24, 2.45) is 0 Å². The van der Waals surface area contributed by atoms with Gasteiger partial charge in [-0.3, -0.25) is 9.59 Å². The van der Waals surface area contributed by atoms with E-state index in [9.17, 15) is 9.59 Å². The van der Waals surface area contributed by atoms with Crippen molar-refractivity contribution in [3.63, 3.8) is 0 Å². The highest BCUT2D eigenvalue weighted by molar-refractivity contribution is 5.83. The van der Waals surface area contributed by atoms with Gasteiger partial charge in [-0.05, 0) is 24.3 Å². The summed E-state index contributed by atoms with van der Waals surface area (Å²) in [4.78, 5) is 25.4. The lowest BCUT2D eigenvalue weighted by atomic mass is 10.2. The number of carbonyl (C=O) groups is 1. The maximum absolute atomic E-state index is 11.7. The van der Waals surface area contributed by atoms with Crippen LogP contribution in [0.3, 0.4) is 0 Å². The number of amides is 1. The number of nitrogens with two attached hydrogens (primary N) is 1. The number of aromatic amines is 1. The van der Waals surface area contributed by atoms with E-state index in [4.69, 9.17) is 10.5 Å². The van der Waals surface area contributed by atoms with Gasteiger partial charge >= 0.3 is 0 Å². The zero-order valence-electron chi connectivity index (χ0n) is 11.8. The summed E-state index contributed by atoms with van der Waals surface area (Å²) >= 11 is 0. The molecule has 108 valence electrons. The second kappa shape index (κ2) is 7.18. The Morgan fingerprint density at radius 2 is 2.05 bits per heavy atom. The van der Waals surface area contributed by atoms with Crippen molar-refractivity contribution in [1.82, 2.24) is 10.3 Å². The van der Waals surface area contributed by atoms with Crippen molar-refractivity contribution in [1.29, 1.82) is 0 Å². The fraction of sp³-hybridized carbons (Fsp3) is 0.286. The number of benzene rings is 1. The van der Waals surface area contributed by atoms with Gasteiger partial charge in [0.05, 0.1) is 0 Å². The molecular weight excluding hydrogens is 258 g/mol. The summed E-state index contributed by atoms with van der Waals surface area (Å²) in [6.45, 7) is 3.80. The second-order valence-electron chi connectivity index (χ2n) is 3.77. The van der Waals surface area contributed by atoms with E-state index in [2.05, 4.69) is 10.3 Å². The normalized spacial score (nSPS) is 9.55. The molecule has 20 heavy (non-hydrogen) atoms. The first-order valence-corrected chi connectivity index (χ1v) is 6.36. The fourth-order valence-corrected chi connectivity index (χ4v) is 1.53. The first-order chi connectivity index (χ1) is 9.60. The third-order valence-electron chi connectivity index (χ3n) is 2.47. The minimum absolute atomic E-state index is 0.0942. The zero-order chi connectivity index (χ0) is 15.1. The molecule has 0 bridgehead atoms. The van der Waals surface area contributed by atoms with E-state index < -0.39 is 0 Å². The van der Waals surface area contributed by atoms with Crippen LogP contribution < -0.4 is 21.3 Å². The first kappa shape index (κ1) is 15.6. The second-order valence-corrected chi connectivity index (χ2v) is 3.77. The standard InChI is InChI=1S/C12H13N3O3.C2H6/c1-14-11(16)6-18-10-5-7-4-8(13)2-3-9(7)15-12(10)17;1-2/h2-5H,6,13H2,1H3,(H,14,16)(H,15,17);1-2H3. The third-order valence-corrected chi connectivity index (χ3v) is 2.47. The van der Waals surface area contributed by atoms with Crippen molar-refractivity contribution in [2.45, 2.75) is 13.8 Å². The van der Waals surface area contributed by atoms with Crippen molar-refractivity contribution < 1.29 is 9.53 Å². The SMILES string of the molecule is CC.CNC(=O)COc1cc2cc(N)ccc2[nH]c1=O. The number of rotatable bonds is 3. The molecule has 0 unspecified atom stereocenters. The van der Waals surface area contributed by atoms with Gasteiger partial charge < -0.3 is 20.8 Å². The first-order valence-electron chi connectivity index (χ1n) is 6.36. The highest BCUT2D eigenvalue weighted by Crippen LogP contribution is 2.17. The van der Waals surface area contributed by atoms with Crippen LogP contribution in [0.4, 0.5) is 5.69 Å². The lowest BCUT2D eigenvalue weighted by Crippen LogP contribution is -2.26. The third kappa shape index (κ3) is 3.74. The van der Waals surface area contributed by atoms with E-state index >= 15 is 0 Å². The Morgan fingerprint density at radius 3 is 2.70 bits per heavy atom. The number of hydrogen-bond acceptors (Lipinski definition) is 4. The topological polar surface area (TPSA) is 97.2 Å². The summed E-state index contributed by atoms with van der Waals surface area (Å²) in [7, 11) is 1.50. The molecule has 0 saturated heterocycles. The number of anilines is 1. The summed E-state index contributed by atoms with van der Waals surface area (Å²) in [5, 5.41) is 3.16. The summed E-state index contributed by atoms with van der Waals surface area (Å²) in [5.41, 5.74) is 6.54. The molecule has 6 heteroatoms. The van der Waals surface area contributed by atoms with E-state index in [1.807, 2.05) is 13.8 Å². The molecule has 4 N–H and O–H groups in total. The maximum Gasteiger partial charge on any atom is 0.290 e. The van der Waals surface area contributed by atoms with Crippen molar-refractivity contribution in [3.05, 3.63) is 34.6 Å². The molecule has 1 aromatic carbocycles. The molecule has 1 aromatic heterocycles. The average molecular weight is 277 g/mol. The van der Waals surface area contributed by atoms with Gasteiger partial charge in [-0.15, -0.1) is 0 Å². The number of H-pyrrole nitrogens is 1. The average Bonchev–Trinajstić information content (AvgIpc) is 2.47. The van der Waals surface area contributed by atoms with Gasteiger partial charge in [0.2, 0.25) is 0 Å². The van der Waals surface area contributed by atoms with Gasteiger partial charge in [0.25, 0.3) is 11.5 Å². The molecule has 0 saturated carbocycles. The van der Waals surface area contributed by atoms with Crippen LogP contribution in [0.5, 0.6) is 5.75 Å². The Hall–Kier alpha value is -2.50. The number of fused-ring (bicyclic) bond motifs is 1. The summed E-state index contributed by atoms with van der Waals surface area (Å²) in [5.74, 6) is -0.209. The van der Waals surface area contributed by atoms with Gasteiger partial charge in [-0.2, -0.15) is 0 Å². The lowest BCUT2D eigenvalue weighted by Gasteiger charge is -2.06. The molecule has 0 radical (unpaired) electrons. The van der Waals surface area contributed by atoms with E-state index in [0.29, 0.717) is 11.2 Å². The number of nitrogens with one attached hydrogen (secondary N) is 2. The predicted octanol–water partition coefficient (Wildman–Crippen LogP) is 1.26. The van der Waals surface area contributed by atoms with Crippen molar-refractivity contribution in [3.8, 4) is 5.75 Å². The Kier molecular flexibility index (Phi) is 5.58. The quantitative estimate of drug-likeness (QED) is 0.736. The molecule has 6 nitrogen and oxygen atoms in total. The van der Waals surface area contributed by atoms with Gasteiger partial charge in [0, 0.05) is 23.6 Å². The predicted molar refractivity (Wildman–Crippen MR) is 79.9 cm³/mol. The van der Waals surface area contributed by atoms with E-state index in [1.165, 1.54) is 7.05 Å². The van der Waals surface area contributed by atoms with Crippen molar-refractivity contribution >= 4 is 22.5 Å². The lowest BCUT2D eigenvalue weighted by molar-refractivity contribution is -0.122. The van der Waals surface area contributed by atoms with Gasteiger partial charge in [0.1, 0.15) is 0 Å². The summed E-state index contributed by atoms with van der Waals surface area (Å²) in [6, 6.07) is 6.70. The minimum Gasteiger partial charge on any atom is -0.478 e. The number of carbonyl (C=O) groups excluding carboxylic acids is 1. The molecule has 2 aromatic rings. The molecule has 0 aliphatic carbocycles. The van der Waals surface area contributed by atoms with E-state index in [-0.39, 0.29) is 23.8 Å². The Morgan fingerprint density at radius 1 is 1.35 bits per heavy atom. The number of ether oxygens (including phenoxy) is 1. The molecule has 0 aliphatic heterocycles. The molecule has 2 rings (SSSR count). The van der Waals surface area contributed by atoms with Crippen LogP contribution in [0, 0.1) is 0 Å². The molecule has 0 aliphatic rings. The maximum atomic E-state index is 11.7. The number of aromatic nitrogens is 1. The fourth-order valence-electron chi connectivity index (χ4n) is 1.53. The number of nitrogen functional groups attached to an aromatic ring is 1. The molecule has 0 atom stereocenters. The number of hydrogen-bond donors (Lipinski definition) is 3. The molecular formula is C14H19N3O3. The van der Waals surface area contributed by atoms with Crippen LogP contribution >= 0.6 is 0 Å². The van der Waals surface area contributed by atoms with Gasteiger partial charge in [0.15, 0.2) is 12.4 Å². The van der Waals surface area contributed by atoms with E-state index in [1.54, 1.807) is 24.3 Å². The van der Waals surface area contributed by atoms with Crippen LogP contribution in [0.15, 0.2) is 29.1 Å². The highest BCUT2D eigenvalue weighted by atomic mass is 16.5.